The molecule has 0 aliphatic carbocycles. The molecule has 0 spiro atoms. The first-order valence-electron chi connectivity index (χ1n) is 15.7. The van der Waals surface area contributed by atoms with Crippen LogP contribution in [0, 0.1) is 17.8 Å². The number of rotatable bonds is 23. The molecule has 0 saturated carbocycles. The number of allylic oxidation sites excluding steroid dienone is 5. The van der Waals surface area contributed by atoms with E-state index < -0.39 is 30.4 Å². The number of carboxylic acid groups (broad SMARTS) is 1. The highest BCUT2D eigenvalue weighted by molar-refractivity contribution is 5.89. The van der Waals surface area contributed by atoms with E-state index in [1.807, 2.05) is 39.8 Å². The van der Waals surface area contributed by atoms with Crippen LogP contribution in [0.3, 0.4) is 0 Å². The highest BCUT2D eigenvalue weighted by Crippen LogP contribution is 2.25. The second-order valence-corrected chi connectivity index (χ2v) is 11.7. The van der Waals surface area contributed by atoms with Gasteiger partial charge in [0.2, 0.25) is 0 Å². The smallest absolute Gasteiger partial charge is 0.327 e. The SMILES string of the molecule is CCCC[C@H](CC[C@H](O)CC[C@H](C)[C@H](O)CC=C(C)C=C[C@H](O)[C@@H](C)C=CC(=O)O)[C@H](O)CC=C(C)C=CC(=O)CC. The number of unbranched alkanes of at least 4 members (excludes halogenated alkanes) is 1. The number of hydrogen-bond donors (Lipinski definition) is 5. The molecule has 0 aromatic carbocycles. The van der Waals surface area contributed by atoms with Gasteiger partial charge < -0.3 is 25.5 Å². The molecule has 0 unspecified atom stereocenters. The van der Waals surface area contributed by atoms with E-state index in [-0.39, 0.29) is 23.5 Å². The molecule has 0 aliphatic heterocycles. The van der Waals surface area contributed by atoms with Gasteiger partial charge in [0.25, 0.3) is 0 Å². The van der Waals surface area contributed by atoms with Gasteiger partial charge in [-0.3, -0.25) is 4.79 Å². The fraction of sp³-hybridized carbons (Fsp3) is 0.657. The van der Waals surface area contributed by atoms with E-state index in [4.69, 9.17) is 5.11 Å². The Bertz CT molecular complexity index is 914. The molecule has 0 rings (SSSR count). The fourth-order valence-corrected chi connectivity index (χ4v) is 4.48. The van der Waals surface area contributed by atoms with Gasteiger partial charge in [-0.1, -0.05) is 88.1 Å². The predicted molar refractivity (Wildman–Crippen MR) is 171 cm³/mol. The highest BCUT2D eigenvalue weighted by atomic mass is 16.4. The summed E-state index contributed by atoms with van der Waals surface area (Å²) in [6, 6.07) is 0. The van der Waals surface area contributed by atoms with E-state index in [0.717, 1.165) is 42.9 Å². The van der Waals surface area contributed by atoms with Crippen LogP contribution in [0.5, 0.6) is 0 Å². The number of aliphatic carboxylic acids is 1. The van der Waals surface area contributed by atoms with Crippen LogP contribution in [0.25, 0.3) is 0 Å². The van der Waals surface area contributed by atoms with Crippen LogP contribution in [-0.2, 0) is 9.59 Å². The first-order valence-corrected chi connectivity index (χ1v) is 15.7. The lowest BCUT2D eigenvalue weighted by Crippen LogP contribution is -2.23. The predicted octanol–water partition coefficient (Wildman–Crippen LogP) is 6.47. The molecule has 42 heavy (non-hydrogen) atoms. The summed E-state index contributed by atoms with van der Waals surface area (Å²) in [5.41, 5.74) is 1.85. The van der Waals surface area contributed by atoms with E-state index in [1.54, 1.807) is 31.2 Å². The number of aliphatic hydroxyl groups is 4. The molecule has 7 nitrogen and oxygen atoms in total. The maximum atomic E-state index is 11.5. The molecule has 0 aliphatic rings. The molecule has 0 bridgehead atoms. The molecule has 0 aromatic rings. The van der Waals surface area contributed by atoms with Crippen LogP contribution in [0.4, 0.5) is 0 Å². The first-order chi connectivity index (χ1) is 19.8. The molecule has 0 fully saturated rings. The monoisotopic (exact) mass is 590 g/mol. The molecule has 7 atom stereocenters. The van der Waals surface area contributed by atoms with Crippen LogP contribution in [0.2, 0.25) is 0 Å². The molecule has 7 heteroatoms. The van der Waals surface area contributed by atoms with Crippen LogP contribution < -0.4 is 0 Å². The number of ketones is 1. The number of hydrogen-bond acceptors (Lipinski definition) is 6. The molecular formula is C35H58O7. The lowest BCUT2D eigenvalue weighted by molar-refractivity contribution is -0.131. The molecule has 5 N–H and O–H groups in total. The lowest BCUT2D eigenvalue weighted by atomic mass is 9.87. The summed E-state index contributed by atoms with van der Waals surface area (Å²) >= 11 is 0. The second-order valence-electron chi connectivity index (χ2n) is 11.7. The summed E-state index contributed by atoms with van der Waals surface area (Å²) < 4.78 is 0. The van der Waals surface area contributed by atoms with Gasteiger partial charge in [0.1, 0.15) is 0 Å². The van der Waals surface area contributed by atoms with Crippen molar-refractivity contribution in [3.05, 3.63) is 59.8 Å². The maximum absolute atomic E-state index is 11.5. The molecular weight excluding hydrogens is 532 g/mol. The zero-order valence-corrected chi connectivity index (χ0v) is 26.8. The average molecular weight is 591 g/mol. The number of carbonyl (C=O) groups is 2. The van der Waals surface area contributed by atoms with Crippen LogP contribution >= 0.6 is 0 Å². The Labute approximate surface area is 254 Å². The van der Waals surface area contributed by atoms with Crippen molar-refractivity contribution in [2.75, 3.05) is 0 Å². The minimum absolute atomic E-state index is 0.00156. The van der Waals surface area contributed by atoms with Gasteiger partial charge in [0.15, 0.2) is 5.78 Å². The molecule has 240 valence electrons. The standard InChI is InChI=1S/C35H58O7/c1-7-9-10-29(34(40)23-14-25(3)11-18-30(36)8-2)17-20-31(37)19-15-27(5)32(38)21-12-26(4)13-22-33(39)28(6)16-24-35(41)42/h11-14,16,18,22,24,27-29,31-34,37-40H,7-10,15,17,19-21,23H2,1-6H3,(H,41,42)/t27-,28-,29+,31+,32+,33-,34+/m0/s1. The second kappa shape index (κ2) is 23.2. The maximum Gasteiger partial charge on any atom is 0.327 e. The summed E-state index contributed by atoms with van der Waals surface area (Å²) in [5.74, 6) is -1.20. The molecule has 0 heterocycles. The van der Waals surface area contributed by atoms with E-state index >= 15 is 0 Å². The molecule has 0 radical (unpaired) electrons. The van der Waals surface area contributed by atoms with E-state index in [9.17, 15) is 30.0 Å². The minimum atomic E-state index is -1.05. The summed E-state index contributed by atoms with van der Waals surface area (Å²) in [6.07, 6.45) is 17.8. The van der Waals surface area contributed by atoms with Crippen molar-refractivity contribution < 1.29 is 35.1 Å². The number of aliphatic hydroxyl groups excluding tert-OH is 4. The Hall–Kier alpha value is -2.32. The minimum Gasteiger partial charge on any atom is -0.478 e. The summed E-state index contributed by atoms with van der Waals surface area (Å²) in [4.78, 5) is 22.1. The van der Waals surface area contributed by atoms with Crippen molar-refractivity contribution in [2.45, 2.75) is 130 Å². The van der Waals surface area contributed by atoms with Gasteiger partial charge in [0, 0.05) is 18.4 Å². The number of carboxylic acids is 1. The largest absolute Gasteiger partial charge is 0.478 e. The summed E-state index contributed by atoms with van der Waals surface area (Å²) in [5, 5.41) is 51.0. The van der Waals surface area contributed by atoms with Gasteiger partial charge in [-0.15, -0.1) is 0 Å². The normalized spacial score (nSPS) is 18.3. The van der Waals surface area contributed by atoms with Gasteiger partial charge in [0.05, 0.1) is 24.4 Å². The van der Waals surface area contributed by atoms with Crippen LogP contribution in [0.15, 0.2) is 59.8 Å². The Balaban J connectivity index is 4.73. The third-order valence-electron chi connectivity index (χ3n) is 7.84. The third-order valence-corrected chi connectivity index (χ3v) is 7.84. The molecule has 0 amide bonds. The topological polar surface area (TPSA) is 135 Å². The van der Waals surface area contributed by atoms with Crippen molar-refractivity contribution in [1.82, 2.24) is 0 Å². The molecule has 0 aromatic heterocycles. The summed E-state index contributed by atoms with van der Waals surface area (Å²) in [7, 11) is 0. The van der Waals surface area contributed by atoms with Crippen molar-refractivity contribution in [1.29, 1.82) is 0 Å². The van der Waals surface area contributed by atoms with Crippen molar-refractivity contribution >= 4 is 11.8 Å². The zero-order chi connectivity index (χ0) is 32.1. The first kappa shape index (κ1) is 39.7. The Morgan fingerprint density at radius 2 is 1.31 bits per heavy atom. The van der Waals surface area contributed by atoms with Crippen molar-refractivity contribution in [2.24, 2.45) is 17.8 Å². The van der Waals surface area contributed by atoms with Crippen molar-refractivity contribution in [3.8, 4) is 0 Å². The lowest BCUT2D eigenvalue weighted by Gasteiger charge is -2.24. The third kappa shape index (κ3) is 19.7. The fourth-order valence-electron chi connectivity index (χ4n) is 4.48. The summed E-state index contributed by atoms with van der Waals surface area (Å²) in [6.45, 7) is 11.5. The quantitative estimate of drug-likeness (QED) is 0.0679. The average Bonchev–Trinajstić information content (AvgIpc) is 2.97. The zero-order valence-electron chi connectivity index (χ0n) is 26.8. The Kier molecular flexibility index (Phi) is 21.9. The number of carbonyl (C=O) groups excluding carboxylic acids is 1. The van der Waals surface area contributed by atoms with Gasteiger partial charge >= 0.3 is 5.97 Å². The van der Waals surface area contributed by atoms with E-state index in [0.29, 0.717) is 38.5 Å². The Morgan fingerprint density at radius 1 is 0.714 bits per heavy atom. The van der Waals surface area contributed by atoms with Gasteiger partial charge in [-0.25, -0.2) is 4.79 Å². The van der Waals surface area contributed by atoms with Crippen LogP contribution in [0.1, 0.15) is 106 Å². The highest BCUT2D eigenvalue weighted by Gasteiger charge is 2.21. The van der Waals surface area contributed by atoms with Gasteiger partial charge in [-0.05, 0) is 76.7 Å². The van der Waals surface area contributed by atoms with Crippen LogP contribution in [-0.4, -0.2) is 61.7 Å². The van der Waals surface area contributed by atoms with Gasteiger partial charge in [-0.2, -0.15) is 0 Å². The van der Waals surface area contributed by atoms with E-state index in [1.165, 1.54) is 6.08 Å². The molecule has 0 saturated heterocycles. The van der Waals surface area contributed by atoms with E-state index in [2.05, 4.69) is 6.92 Å². The van der Waals surface area contributed by atoms with Crippen molar-refractivity contribution in [3.63, 3.8) is 0 Å². The Morgan fingerprint density at radius 3 is 1.90 bits per heavy atom.